The third kappa shape index (κ3) is 7.41. The molecule has 0 saturated heterocycles. The molecule has 2 nitrogen and oxygen atoms in total. The first-order valence-electron chi connectivity index (χ1n) is 12.2. The maximum Gasteiger partial charge on any atom is 0.213 e. The Morgan fingerprint density at radius 1 is 0.750 bits per heavy atom. The fraction of sp³-hybridized carbons (Fsp3) is 0.414. The number of hydrogen-bond acceptors (Lipinski definition) is 2. The van der Waals surface area contributed by atoms with Gasteiger partial charge >= 0.3 is 0 Å². The molecular weight excluding hydrogens is 408 g/mol. The summed E-state index contributed by atoms with van der Waals surface area (Å²) in [4.78, 5) is 2.13. The lowest BCUT2D eigenvalue weighted by Crippen LogP contribution is -2.34. The molecule has 3 rings (SSSR count). The van der Waals surface area contributed by atoms with E-state index in [1.807, 2.05) is 0 Å². The molecule has 0 bridgehead atoms. The average Bonchev–Trinajstić information content (AvgIpc) is 2.82. The van der Waals surface area contributed by atoms with Gasteiger partial charge in [-0.05, 0) is 47.9 Å². The molecule has 170 valence electrons. The van der Waals surface area contributed by atoms with Gasteiger partial charge in [0.2, 0.25) is 5.52 Å². The highest BCUT2D eigenvalue weighted by molar-refractivity contribution is 7.80. The summed E-state index contributed by atoms with van der Waals surface area (Å²) in [5.74, 6) is 1.03. The van der Waals surface area contributed by atoms with Crippen LogP contribution in [-0.4, -0.2) is 19.8 Å². The predicted octanol–water partition coefficient (Wildman–Crippen LogP) is 7.41. The number of pyridine rings is 1. The summed E-state index contributed by atoms with van der Waals surface area (Å²) in [7, 11) is 4.14. The molecule has 0 saturated carbocycles. The number of hydrogen-bond donors (Lipinski definition) is 1. The summed E-state index contributed by atoms with van der Waals surface area (Å²) >= 11 is 4.29. The van der Waals surface area contributed by atoms with Crippen LogP contribution < -0.4 is 9.47 Å². The van der Waals surface area contributed by atoms with Crippen LogP contribution in [0.4, 0.5) is 5.69 Å². The van der Waals surface area contributed by atoms with Crippen LogP contribution in [0.2, 0.25) is 0 Å². The van der Waals surface area contributed by atoms with E-state index in [2.05, 4.69) is 109 Å². The summed E-state index contributed by atoms with van der Waals surface area (Å²) < 4.78 is 2.42. The number of aryl methyl sites for hydroxylation is 1. The third-order valence-corrected chi connectivity index (χ3v) is 6.45. The number of nitrogens with zero attached hydrogens (tertiary/aromatic N) is 2. The van der Waals surface area contributed by atoms with Gasteiger partial charge in [-0.25, -0.2) is 0 Å². The fourth-order valence-corrected chi connectivity index (χ4v) is 4.40. The molecule has 0 atom stereocenters. The lowest BCUT2D eigenvalue weighted by Gasteiger charge is -2.11. The summed E-state index contributed by atoms with van der Waals surface area (Å²) in [6, 6.07) is 19.7. The first kappa shape index (κ1) is 24.4. The smallest absolute Gasteiger partial charge is 0.213 e. The van der Waals surface area contributed by atoms with Gasteiger partial charge in [0.1, 0.15) is 6.54 Å². The minimum absolute atomic E-state index is 1.03. The molecule has 0 aliphatic rings. The molecule has 0 unspecified atom stereocenters. The zero-order valence-corrected chi connectivity index (χ0v) is 20.7. The van der Waals surface area contributed by atoms with Gasteiger partial charge in [0.05, 0.1) is 5.39 Å². The Bertz CT molecular complexity index is 976. The van der Waals surface area contributed by atoms with E-state index in [0.717, 1.165) is 12.3 Å². The highest BCUT2D eigenvalue weighted by Gasteiger charge is 2.10. The Morgan fingerprint density at radius 2 is 1.41 bits per heavy atom. The molecule has 3 heteroatoms. The zero-order valence-electron chi connectivity index (χ0n) is 19.8. The number of benzene rings is 2. The van der Waals surface area contributed by atoms with Crippen LogP contribution >= 0.6 is 12.6 Å². The molecule has 0 fully saturated rings. The van der Waals surface area contributed by atoms with Gasteiger partial charge in [-0.1, -0.05) is 68.5 Å². The van der Waals surface area contributed by atoms with Gasteiger partial charge in [-0.2, -0.15) is 17.2 Å². The largest absolute Gasteiger partial charge is 0.378 e. The minimum Gasteiger partial charge on any atom is -0.378 e. The van der Waals surface area contributed by atoms with Gasteiger partial charge in [-0.3, -0.25) is 0 Å². The van der Waals surface area contributed by atoms with Crippen molar-refractivity contribution in [3.63, 3.8) is 0 Å². The molecule has 1 aromatic heterocycles. The number of unbranched alkanes of at least 4 members (excludes halogenated alkanes) is 7. The normalized spacial score (nSPS) is 11.5. The number of rotatable bonds is 13. The number of aromatic nitrogens is 1. The predicted molar refractivity (Wildman–Crippen MR) is 145 cm³/mol. The molecule has 3 aromatic rings. The maximum atomic E-state index is 4.29. The van der Waals surface area contributed by atoms with Gasteiger partial charge in [0.25, 0.3) is 0 Å². The Balaban J connectivity index is 1.58. The molecule has 1 heterocycles. The van der Waals surface area contributed by atoms with Gasteiger partial charge < -0.3 is 4.90 Å². The quantitative estimate of drug-likeness (QED) is 0.163. The Morgan fingerprint density at radius 3 is 2.09 bits per heavy atom. The number of para-hydroxylation sites is 1. The molecule has 0 amide bonds. The molecule has 0 spiro atoms. The molecule has 32 heavy (non-hydrogen) atoms. The van der Waals surface area contributed by atoms with Crippen molar-refractivity contribution < 1.29 is 4.57 Å². The van der Waals surface area contributed by atoms with Crippen LogP contribution in [-0.2, 0) is 6.54 Å². The average molecular weight is 448 g/mol. The molecular formula is C29H39N2S+. The van der Waals surface area contributed by atoms with E-state index in [1.54, 1.807) is 0 Å². The van der Waals surface area contributed by atoms with Crippen LogP contribution in [0.1, 0.15) is 62.5 Å². The van der Waals surface area contributed by atoms with Crippen LogP contribution in [0.15, 0.2) is 60.8 Å². The van der Waals surface area contributed by atoms with Crippen molar-refractivity contribution in [3.05, 3.63) is 71.9 Å². The van der Waals surface area contributed by atoms with Crippen molar-refractivity contribution in [1.82, 2.24) is 0 Å². The zero-order chi connectivity index (χ0) is 22.6. The number of fused-ring (bicyclic) bond motifs is 1. The van der Waals surface area contributed by atoms with Crippen LogP contribution in [0.5, 0.6) is 0 Å². The van der Waals surface area contributed by atoms with Crippen molar-refractivity contribution >= 4 is 41.4 Å². The molecule has 0 aliphatic heterocycles. The van der Waals surface area contributed by atoms with E-state index < -0.39 is 0 Å². The maximum absolute atomic E-state index is 4.29. The Labute approximate surface area is 200 Å². The monoisotopic (exact) mass is 447 g/mol. The van der Waals surface area contributed by atoms with E-state index in [1.165, 1.54) is 79.1 Å². The molecule has 2 aromatic carbocycles. The van der Waals surface area contributed by atoms with E-state index in [9.17, 15) is 0 Å². The van der Waals surface area contributed by atoms with Crippen LogP contribution in [0, 0.1) is 0 Å². The first-order valence-corrected chi connectivity index (χ1v) is 12.8. The van der Waals surface area contributed by atoms with E-state index >= 15 is 0 Å². The van der Waals surface area contributed by atoms with E-state index in [4.69, 9.17) is 0 Å². The van der Waals surface area contributed by atoms with Crippen LogP contribution in [0.3, 0.4) is 0 Å². The summed E-state index contributed by atoms with van der Waals surface area (Å²) in [6.45, 7) is 1.09. The van der Waals surface area contributed by atoms with Gasteiger partial charge in [-0.15, -0.1) is 0 Å². The van der Waals surface area contributed by atoms with Crippen molar-refractivity contribution in [3.8, 4) is 0 Å². The SMILES string of the molecule is CN(C)c1ccc(C=Cc2cc[n+](CCCCCCCCCCS)c3ccccc23)cc1. The Kier molecular flexibility index (Phi) is 10.2. The van der Waals surface area contributed by atoms with Gasteiger partial charge in [0.15, 0.2) is 6.20 Å². The molecule has 0 aliphatic carbocycles. The Hall–Kier alpha value is -2.26. The first-order chi connectivity index (χ1) is 15.7. The standard InChI is InChI=1S/C29H38N2S/c1-30(2)27-19-16-25(17-20-27)15-18-26-21-23-31(29-14-10-9-13-28(26)29)22-11-7-5-3-4-6-8-12-24-32/h9-10,13-21,23H,3-8,11-12,22,24H2,1-2H3/p+1. The third-order valence-electron chi connectivity index (χ3n) is 6.13. The summed E-state index contributed by atoms with van der Waals surface area (Å²) in [5.41, 5.74) is 5.04. The highest BCUT2D eigenvalue weighted by atomic mass is 32.1. The summed E-state index contributed by atoms with van der Waals surface area (Å²) in [6.07, 6.45) is 17.4. The van der Waals surface area contributed by atoms with E-state index in [0.29, 0.717) is 0 Å². The highest BCUT2D eigenvalue weighted by Crippen LogP contribution is 2.20. The van der Waals surface area contributed by atoms with Crippen molar-refractivity contribution in [1.29, 1.82) is 0 Å². The van der Waals surface area contributed by atoms with Crippen molar-refractivity contribution in [2.24, 2.45) is 0 Å². The molecule has 0 radical (unpaired) electrons. The van der Waals surface area contributed by atoms with Gasteiger partial charge in [0, 0.05) is 38.3 Å². The summed E-state index contributed by atoms with van der Waals surface area (Å²) in [5, 5.41) is 1.32. The van der Waals surface area contributed by atoms with Crippen molar-refractivity contribution in [2.75, 3.05) is 24.7 Å². The second-order valence-electron chi connectivity index (χ2n) is 8.85. The van der Waals surface area contributed by atoms with E-state index in [-0.39, 0.29) is 0 Å². The fourth-order valence-electron chi connectivity index (χ4n) is 4.17. The second-order valence-corrected chi connectivity index (χ2v) is 9.30. The minimum atomic E-state index is 1.03. The number of thiol groups is 1. The lowest BCUT2D eigenvalue weighted by molar-refractivity contribution is -0.671. The lowest BCUT2D eigenvalue weighted by atomic mass is 10.1. The van der Waals surface area contributed by atoms with Crippen molar-refractivity contribution in [2.45, 2.75) is 57.9 Å². The second kappa shape index (κ2) is 13.3. The topological polar surface area (TPSA) is 7.12 Å². The van der Waals surface area contributed by atoms with Crippen LogP contribution in [0.25, 0.3) is 23.1 Å². The number of anilines is 1. The molecule has 0 N–H and O–H groups in total.